The van der Waals surface area contributed by atoms with Gasteiger partial charge in [0.1, 0.15) is 5.82 Å². The summed E-state index contributed by atoms with van der Waals surface area (Å²) in [5.41, 5.74) is 6.90. The zero-order valence-corrected chi connectivity index (χ0v) is 9.24. The average molecular weight is 222 g/mol. The van der Waals surface area contributed by atoms with Crippen molar-refractivity contribution in [2.75, 3.05) is 13.1 Å². The minimum atomic E-state index is -0.369. The van der Waals surface area contributed by atoms with Crippen LogP contribution in [-0.2, 0) is 0 Å². The maximum absolute atomic E-state index is 13.2. The standard InChI is InChI=1S/C12H15FN2O/c1-8-4-9(6-10(13)5-8)12(16)15-3-2-11(14)7-15/h4-6,11H,2-3,7,14H2,1H3/t11-/m1/s1. The molecule has 1 atom stereocenters. The molecule has 0 bridgehead atoms. The van der Waals surface area contributed by atoms with E-state index in [-0.39, 0.29) is 17.8 Å². The minimum absolute atomic E-state index is 0.0543. The molecule has 1 aromatic rings. The van der Waals surface area contributed by atoms with Gasteiger partial charge in [-0.3, -0.25) is 4.79 Å². The van der Waals surface area contributed by atoms with Gasteiger partial charge in [0, 0.05) is 24.7 Å². The summed E-state index contributed by atoms with van der Waals surface area (Å²) in [7, 11) is 0. The summed E-state index contributed by atoms with van der Waals surface area (Å²) >= 11 is 0. The molecule has 3 nitrogen and oxygen atoms in total. The van der Waals surface area contributed by atoms with E-state index >= 15 is 0 Å². The summed E-state index contributed by atoms with van der Waals surface area (Å²) in [5, 5.41) is 0. The first kappa shape index (κ1) is 11.1. The molecular weight excluding hydrogens is 207 g/mol. The number of rotatable bonds is 1. The minimum Gasteiger partial charge on any atom is -0.337 e. The Kier molecular flexibility index (Phi) is 2.92. The van der Waals surface area contributed by atoms with Crippen LogP contribution in [0.1, 0.15) is 22.3 Å². The predicted octanol–water partition coefficient (Wildman–Crippen LogP) is 1.31. The lowest BCUT2D eigenvalue weighted by molar-refractivity contribution is 0.0790. The van der Waals surface area contributed by atoms with E-state index in [1.165, 1.54) is 12.1 Å². The van der Waals surface area contributed by atoms with Crippen LogP contribution >= 0.6 is 0 Å². The third-order valence-corrected chi connectivity index (χ3v) is 2.80. The van der Waals surface area contributed by atoms with E-state index in [4.69, 9.17) is 5.73 Å². The Bertz CT molecular complexity index is 399. The molecule has 0 radical (unpaired) electrons. The van der Waals surface area contributed by atoms with Gasteiger partial charge in [0.25, 0.3) is 5.91 Å². The van der Waals surface area contributed by atoms with E-state index in [9.17, 15) is 9.18 Å². The molecule has 0 aliphatic carbocycles. The highest BCUT2D eigenvalue weighted by molar-refractivity contribution is 5.94. The molecule has 1 fully saturated rings. The Morgan fingerprint density at radius 3 is 2.81 bits per heavy atom. The maximum Gasteiger partial charge on any atom is 0.254 e. The number of likely N-dealkylation sites (tertiary alicyclic amines) is 1. The number of hydrogen-bond acceptors (Lipinski definition) is 2. The second-order valence-electron chi connectivity index (χ2n) is 4.32. The van der Waals surface area contributed by atoms with E-state index in [2.05, 4.69) is 0 Å². The van der Waals surface area contributed by atoms with Crippen molar-refractivity contribution in [3.05, 3.63) is 35.1 Å². The molecule has 0 spiro atoms. The number of carbonyl (C=O) groups excluding carboxylic acids is 1. The third-order valence-electron chi connectivity index (χ3n) is 2.80. The fraction of sp³-hybridized carbons (Fsp3) is 0.417. The number of hydrogen-bond donors (Lipinski definition) is 1. The van der Waals surface area contributed by atoms with Gasteiger partial charge in [-0.25, -0.2) is 4.39 Å². The molecule has 1 aliphatic rings. The van der Waals surface area contributed by atoms with Gasteiger partial charge in [-0.15, -0.1) is 0 Å². The van der Waals surface area contributed by atoms with Crippen LogP contribution in [0.25, 0.3) is 0 Å². The van der Waals surface area contributed by atoms with E-state index < -0.39 is 0 Å². The molecule has 2 N–H and O–H groups in total. The largest absolute Gasteiger partial charge is 0.337 e. The van der Waals surface area contributed by atoms with Crippen molar-refractivity contribution in [1.29, 1.82) is 0 Å². The lowest BCUT2D eigenvalue weighted by atomic mass is 10.1. The van der Waals surface area contributed by atoms with Gasteiger partial charge >= 0.3 is 0 Å². The molecule has 1 aromatic carbocycles. The number of aryl methyl sites for hydroxylation is 1. The second kappa shape index (κ2) is 4.22. The SMILES string of the molecule is Cc1cc(F)cc(C(=O)N2CC[C@@H](N)C2)c1. The Labute approximate surface area is 94.0 Å². The Balaban J connectivity index is 2.20. The summed E-state index contributed by atoms with van der Waals surface area (Å²) in [5.74, 6) is -0.498. The van der Waals surface area contributed by atoms with Crippen LogP contribution in [0, 0.1) is 12.7 Å². The van der Waals surface area contributed by atoms with Crippen LogP contribution in [0.5, 0.6) is 0 Å². The van der Waals surface area contributed by atoms with E-state index in [0.717, 1.165) is 12.0 Å². The Hall–Kier alpha value is -1.42. The van der Waals surface area contributed by atoms with Crippen LogP contribution < -0.4 is 5.73 Å². The van der Waals surface area contributed by atoms with Crippen LogP contribution in [0.2, 0.25) is 0 Å². The van der Waals surface area contributed by atoms with Gasteiger partial charge in [-0.2, -0.15) is 0 Å². The summed E-state index contributed by atoms with van der Waals surface area (Å²) < 4.78 is 13.2. The zero-order chi connectivity index (χ0) is 11.7. The zero-order valence-electron chi connectivity index (χ0n) is 9.24. The number of nitrogens with two attached hydrogens (primary N) is 1. The first-order valence-electron chi connectivity index (χ1n) is 5.38. The topological polar surface area (TPSA) is 46.3 Å². The lowest BCUT2D eigenvalue weighted by Crippen LogP contribution is -2.31. The monoisotopic (exact) mass is 222 g/mol. The van der Waals surface area contributed by atoms with E-state index in [1.54, 1.807) is 17.9 Å². The first-order valence-corrected chi connectivity index (χ1v) is 5.38. The Morgan fingerprint density at radius 2 is 2.25 bits per heavy atom. The summed E-state index contributed by atoms with van der Waals surface area (Å²) in [6.45, 7) is 3.00. The highest BCUT2D eigenvalue weighted by atomic mass is 19.1. The van der Waals surface area contributed by atoms with Gasteiger partial charge in [0.2, 0.25) is 0 Å². The molecule has 4 heteroatoms. The van der Waals surface area contributed by atoms with Crippen molar-refractivity contribution in [2.24, 2.45) is 5.73 Å². The van der Waals surface area contributed by atoms with Gasteiger partial charge < -0.3 is 10.6 Å². The fourth-order valence-electron chi connectivity index (χ4n) is 2.01. The van der Waals surface area contributed by atoms with Gasteiger partial charge in [-0.1, -0.05) is 0 Å². The number of benzene rings is 1. The molecular formula is C12H15FN2O. The number of halogens is 1. The predicted molar refractivity (Wildman–Crippen MR) is 59.6 cm³/mol. The first-order chi connectivity index (χ1) is 7.56. The quantitative estimate of drug-likeness (QED) is 0.778. The molecule has 2 rings (SSSR count). The lowest BCUT2D eigenvalue weighted by Gasteiger charge is -2.16. The fourth-order valence-corrected chi connectivity index (χ4v) is 2.01. The van der Waals surface area contributed by atoms with Gasteiger partial charge in [0.05, 0.1) is 0 Å². The molecule has 1 heterocycles. The molecule has 0 unspecified atom stereocenters. The molecule has 0 saturated carbocycles. The molecule has 1 aliphatic heterocycles. The molecule has 1 saturated heterocycles. The van der Waals surface area contributed by atoms with Crippen LogP contribution in [0.4, 0.5) is 4.39 Å². The van der Waals surface area contributed by atoms with Crippen LogP contribution in [0.15, 0.2) is 18.2 Å². The number of amides is 1. The van der Waals surface area contributed by atoms with E-state index in [0.29, 0.717) is 18.7 Å². The van der Waals surface area contributed by atoms with Gasteiger partial charge in [0.15, 0.2) is 0 Å². The van der Waals surface area contributed by atoms with Crippen molar-refractivity contribution in [2.45, 2.75) is 19.4 Å². The third kappa shape index (κ3) is 2.22. The maximum atomic E-state index is 13.2. The number of nitrogens with zero attached hydrogens (tertiary/aromatic N) is 1. The van der Waals surface area contributed by atoms with Gasteiger partial charge in [-0.05, 0) is 37.1 Å². The van der Waals surface area contributed by atoms with Crippen molar-refractivity contribution < 1.29 is 9.18 Å². The van der Waals surface area contributed by atoms with Crippen molar-refractivity contribution >= 4 is 5.91 Å². The summed E-state index contributed by atoms with van der Waals surface area (Å²) in [4.78, 5) is 13.7. The second-order valence-corrected chi connectivity index (χ2v) is 4.32. The van der Waals surface area contributed by atoms with Crippen LogP contribution in [-0.4, -0.2) is 29.9 Å². The highest BCUT2D eigenvalue weighted by Gasteiger charge is 2.24. The van der Waals surface area contributed by atoms with Crippen molar-refractivity contribution in [1.82, 2.24) is 4.90 Å². The highest BCUT2D eigenvalue weighted by Crippen LogP contribution is 2.15. The summed E-state index contributed by atoms with van der Waals surface area (Å²) in [6, 6.07) is 4.44. The summed E-state index contributed by atoms with van der Waals surface area (Å²) in [6.07, 6.45) is 0.819. The van der Waals surface area contributed by atoms with Crippen molar-refractivity contribution in [3.63, 3.8) is 0 Å². The molecule has 86 valence electrons. The normalized spacial score (nSPS) is 20.2. The number of carbonyl (C=O) groups is 1. The smallest absolute Gasteiger partial charge is 0.254 e. The Morgan fingerprint density at radius 1 is 1.50 bits per heavy atom. The molecule has 16 heavy (non-hydrogen) atoms. The van der Waals surface area contributed by atoms with Crippen molar-refractivity contribution in [3.8, 4) is 0 Å². The van der Waals surface area contributed by atoms with Crippen LogP contribution in [0.3, 0.4) is 0 Å². The molecule has 0 aromatic heterocycles. The molecule has 1 amide bonds. The van der Waals surface area contributed by atoms with E-state index in [1.807, 2.05) is 0 Å². The average Bonchev–Trinajstić information content (AvgIpc) is 2.62.